The van der Waals surface area contributed by atoms with Crippen molar-refractivity contribution in [1.82, 2.24) is 4.90 Å². The van der Waals surface area contributed by atoms with Crippen LogP contribution in [0.2, 0.25) is 0 Å². The lowest BCUT2D eigenvalue weighted by Crippen LogP contribution is -2.41. The molecule has 2 atom stereocenters. The van der Waals surface area contributed by atoms with Gasteiger partial charge in [-0.2, -0.15) is 0 Å². The number of amides is 3. The molecule has 4 aliphatic rings. The average molecular weight is 525 g/mol. The maximum atomic E-state index is 13.6. The van der Waals surface area contributed by atoms with E-state index in [0.717, 1.165) is 27.2 Å². The Hall–Kier alpha value is -4.79. The third kappa shape index (κ3) is 3.98. The fourth-order valence-corrected chi connectivity index (χ4v) is 6.22. The first-order valence-electron chi connectivity index (χ1n) is 12.6. The van der Waals surface area contributed by atoms with Crippen molar-refractivity contribution in [2.75, 3.05) is 25.6 Å². The van der Waals surface area contributed by atoms with Gasteiger partial charge in [-0.15, -0.1) is 0 Å². The Labute approximate surface area is 223 Å². The molecule has 0 unspecified atom stereocenters. The number of nitrogens with one attached hydrogen (secondary N) is 1. The molecule has 1 aliphatic heterocycles. The molecular formula is C30H24N2O7. The molecule has 3 aromatic carbocycles. The van der Waals surface area contributed by atoms with Crippen LogP contribution in [0.1, 0.15) is 44.4 Å². The van der Waals surface area contributed by atoms with Gasteiger partial charge >= 0.3 is 11.9 Å². The van der Waals surface area contributed by atoms with Gasteiger partial charge in [0.25, 0.3) is 5.91 Å². The van der Waals surface area contributed by atoms with Crippen LogP contribution in [-0.2, 0) is 28.7 Å². The summed E-state index contributed by atoms with van der Waals surface area (Å²) in [6.45, 7) is -1.15. The summed E-state index contributed by atoms with van der Waals surface area (Å²) in [4.78, 5) is 64.5. The van der Waals surface area contributed by atoms with Gasteiger partial charge < -0.3 is 14.8 Å². The number of ether oxygens (including phenoxy) is 2. The molecule has 3 aromatic rings. The fourth-order valence-electron chi connectivity index (χ4n) is 6.22. The summed E-state index contributed by atoms with van der Waals surface area (Å²) in [6, 6.07) is 21.8. The number of hydrogen-bond acceptors (Lipinski definition) is 7. The van der Waals surface area contributed by atoms with Crippen LogP contribution < -0.4 is 5.32 Å². The summed E-state index contributed by atoms with van der Waals surface area (Å²) in [7, 11) is 1.27. The van der Waals surface area contributed by atoms with E-state index in [0.29, 0.717) is 11.3 Å². The minimum absolute atomic E-state index is 0.263. The van der Waals surface area contributed by atoms with E-state index in [1.165, 1.54) is 31.4 Å². The minimum Gasteiger partial charge on any atom is -0.465 e. The number of benzene rings is 3. The first-order chi connectivity index (χ1) is 18.9. The number of carbonyl (C=O) groups excluding carboxylic acids is 5. The summed E-state index contributed by atoms with van der Waals surface area (Å²) in [5.41, 5.74) is 4.90. The number of carbonyl (C=O) groups is 5. The number of likely N-dealkylation sites (tertiary alicyclic amines) is 1. The summed E-state index contributed by atoms with van der Waals surface area (Å²) < 4.78 is 9.72. The van der Waals surface area contributed by atoms with Crippen molar-refractivity contribution in [2.24, 2.45) is 11.8 Å². The van der Waals surface area contributed by atoms with Gasteiger partial charge in [0.15, 0.2) is 6.61 Å². The van der Waals surface area contributed by atoms with Crippen LogP contribution in [0.4, 0.5) is 5.69 Å². The van der Waals surface area contributed by atoms with E-state index in [1.807, 2.05) is 48.5 Å². The first-order valence-corrected chi connectivity index (χ1v) is 12.6. The molecule has 1 N–H and O–H groups in total. The van der Waals surface area contributed by atoms with Gasteiger partial charge in [0, 0.05) is 17.5 Å². The molecule has 3 amide bonds. The van der Waals surface area contributed by atoms with E-state index in [9.17, 15) is 24.0 Å². The number of methoxy groups -OCH3 is 1. The highest BCUT2D eigenvalue weighted by molar-refractivity contribution is 6.09. The number of anilines is 1. The van der Waals surface area contributed by atoms with Crippen LogP contribution >= 0.6 is 0 Å². The summed E-state index contributed by atoms with van der Waals surface area (Å²) in [5, 5.41) is 2.56. The lowest BCUT2D eigenvalue weighted by atomic mass is 9.55. The van der Waals surface area contributed by atoms with Gasteiger partial charge in [-0.05, 0) is 46.5 Å². The highest BCUT2D eigenvalue weighted by Gasteiger charge is 2.61. The number of rotatable bonds is 6. The second kappa shape index (κ2) is 9.50. The van der Waals surface area contributed by atoms with Gasteiger partial charge in [0.2, 0.25) is 11.8 Å². The molecule has 3 aliphatic carbocycles. The molecule has 0 radical (unpaired) electrons. The molecule has 196 valence electrons. The van der Waals surface area contributed by atoms with Crippen LogP contribution in [0.5, 0.6) is 0 Å². The molecule has 0 saturated carbocycles. The minimum atomic E-state index is -0.853. The zero-order valence-electron chi connectivity index (χ0n) is 21.0. The number of hydrogen-bond donors (Lipinski definition) is 1. The van der Waals surface area contributed by atoms with Crippen LogP contribution in [0.15, 0.2) is 72.8 Å². The van der Waals surface area contributed by atoms with Gasteiger partial charge in [0.05, 0.1) is 24.5 Å². The van der Waals surface area contributed by atoms with Crippen molar-refractivity contribution in [2.45, 2.75) is 11.8 Å². The lowest BCUT2D eigenvalue weighted by Gasteiger charge is -2.45. The topological polar surface area (TPSA) is 119 Å². The molecule has 9 heteroatoms. The van der Waals surface area contributed by atoms with E-state index in [2.05, 4.69) is 10.1 Å². The standard InChI is InChI=1S/C30H24N2O7/c1-38-30(37)16-10-12-17(13-11-16)31-22(33)15-39-23(34)14-32-28(35)26-24-18-6-2-3-7-19(18)25(27(26)29(32)36)21-9-5-4-8-20(21)24/h2-13,24-27H,14-15H2,1H3,(H,31,33)/t24?,25?,26-,27-/m0/s1. The van der Waals surface area contributed by atoms with Crippen LogP contribution in [0, 0.1) is 11.8 Å². The second-order valence-electron chi connectivity index (χ2n) is 9.81. The van der Waals surface area contributed by atoms with Gasteiger partial charge in [0.1, 0.15) is 6.54 Å². The Balaban J connectivity index is 1.13. The van der Waals surface area contributed by atoms with Crippen LogP contribution in [0.3, 0.4) is 0 Å². The van der Waals surface area contributed by atoms with Crippen molar-refractivity contribution in [3.63, 3.8) is 0 Å². The molecular weight excluding hydrogens is 500 g/mol. The molecule has 1 fully saturated rings. The van der Waals surface area contributed by atoms with Gasteiger partial charge in [-0.25, -0.2) is 4.79 Å². The van der Waals surface area contributed by atoms with Crippen molar-refractivity contribution in [3.05, 3.63) is 101 Å². The van der Waals surface area contributed by atoms with E-state index < -0.39 is 54.6 Å². The van der Waals surface area contributed by atoms with Gasteiger partial charge in [-0.3, -0.25) is 24.1 Å². The van der Waals surface area contributed by atoms with E-state index in [1.54, 1.807) is 0 Å². The zero-order chi connectivity index (χ0) is 27.3. The molecule has 0 aromatic heterocycles. The molecule has 0 spiro atoms. The van der Waals surface area contributed by atoms with Crippen molar-refractivity contribution < 1.29 is 33.4 Å². The Morgan fingerprint density at radius 1 is 0.769 bits per heavy atom. The predicted octanol–water partition coefficient (Wildman–Crippen LogP) is 2.85. The molecule has 1 heterocycles. The molecule has 39 heavy (non-hydrogen) atoms. The quantitative estimate of drug-likeness (QED) is 0.389. The first kappa shape index (κ1) is 24.5. The Morgan fingerprint density at radius 2 is 1.26 bits per heavy atom. The Kier molecular flexibility index (Phi) is 5.98. The van der Waals surface area contributed by atoms with Gasteiger partial charge in [-0.1, -0.05) is 48.5 Å². The fraction of sp³-hybridized carbons (Fsp3) is 0.233. The van der Waals surface area contributed by atoms with E-state index in [-0.39, 0.29) is 11.8 Å². The van der Waals surface area contributed by atoms with E-state index >= 15 is 0 Å². The summed E-state index contributed by atoms with van der Waals surface area (Å²) >= 11 is 0. The normalized spacial score (nSPS) is 22.0. The number of nitrogens with zero attached hydrogens (tertiary/aromatic N) is 1. The molecule has 2 bridgehead atoms. The number of esters is 2. The Morgan fingerprint density at radius 3 is 1.72 bits per heavy atom. The van der Waals surface area contributed by atoms with Crippen LogP contribution in [0.25, 0.3) is 0 Å². The second-order valence-corrected chi connectivity index (χ2v) is 9.81. The summed E-state index contributed by atoms with van der Waals surface area (Å²) in [5.74, 6) is -4.45. The monoisotopic (exact) mass is 524 g/mol. The van der Waals surface area contributed by atoms with Crippen LogP contribution in [-0.4, -0.2) is 54.8 Å². The third-order valence-electron chi connectivity index (χ3n) is 7.78. The maximum Gasteiger partial charge on any atom is 0.337 e. The summed E-state index contributed by atoms with van der Waals surface area (Å²) in [6.07, 6.45) is 0. The SMILES string of the molecule is COC(=O)c1ccc(NC(=O)COC(=O)CN2C(=O)[C@H]3C4c5ccccc5C(c5ccccc54)[C@@H]3C2=O)cc1. The van der Waals surface area contributed by atoms with Crippen molar-refractivity contribution in [1.29, 1.82) is 0 Å². The zero-order valence-corrected chi connectivity index (χ0v) is 21.0. The number of imide groups is 1. The average Bonchev–Trinajstić information content (AvgIpc) is 3.21. The highest BCUT2D eigenvalue weighted by atomic mass is 16.5. The highest BCUT2D eigenvalue weighted by Crippen LogP contribution is 2.60. The lowest BCUT2D eigenvalue weighted by molar-refractivity contribution is -0.154. The van der Waals surface area contributed by atoms with Crippen molar-refractivity contribution in [3.8, 4) is 0 Å². The largest absolute Gasteiger partial charge is 0.465 e. The van der Waals surface area contributed by atoms with E-state index in [4.69, 9.17) is 4.74 Å². The molecule has 7 rings (SSSR count). The predicted molar refractivity (Wildman–Crippen MR) is 138 cm³/mol. The van der Waals surface area contributed by atoms with Crippen molar-refractivity contribution >= 4 is 35.3 Å². The maximum absolute atomic E-state index is 13.6. The molecule has 9 nitrogen and oxygen atoms in total. The molecule has 1 saturated heterocycles. The Bertz CT molecular complexity index is 1410. The third-order valence-corrected chi connectivity index (χ3v) is 7.78. The smallest absolute Gasteiger partial charge is 0.337 e.